The number of aromatic nitrogens is 1. The molecule has 2 N–H and O–H groups in total. The molecule has 1 unspecified atom stereocenters. The summed E-state index contributed by atoms with van der Waals surface area (Å²) in [5, 5.41) is 6.01. The van der Waals surface area contributed by atoms with Crippen LogP contribution in [0.5, 0.6) is 0 Å². The molecule has 0 aliphatic carbocycles. The number of aryl methyl sites for hydroxylation is 1. The molecule has 0 radical (unpaired) electrons. The van der Waals surface area contributed by atoms with Crippen molar-refractivity contribution in [2.75, 3.05) is 7.05 Å². The van der Waals surface area contributed by atoms with Gasteiger partial charge >= 0.3 is 0 Å². The summed E-state index contributed by atoms with van der Waals surface area (Å²) in [5.74, 6) is -0.161. The average Bonchev–Trinajstić information content (AvgIpc) is 3.08. The first-order chi connectivity index (χ1) is 13.2. The normalized spacial score (nSPS) is 12.6. The minimum Gasteiger partial charge on any atom is -0.334 e. The lowest BCUT2D eigenvalue weighted by atomic mass is 10.1. The number of thiazole rings is 1. The number of nitrogens with zero attached hydrogens (tertiary/aromatic N) is 2. The molecule has 8 heteroatoms. The molecule has 0 aliphatic rings. The predicted octanol–water partition coefficient (Wildman–Crippen LogP) is 3.60. The Hall–Kier alpha value is -2.55. The standard InChI is InChI=1S/C20H21N3O3S2/c1-13-18(27-19(22-13)15-8-5-4-6-9-15)20(24)23(3)14(2)16-10-7-11-17(12-16)28(21,25)26/h4-12,14H,1-3H3,(H2,21,25,26). The fourth-order valence-corrected chi connectivity index (χ4v) is 4.43. The van der Waals surface area contributed by atoms with Gasteiger partial charge in [0.05, 0.1) is 16.6 Å². The summed E-state index contributed by atoms with van der Waals surface area (Å²) in [6, 6.07) is 15.7. The first-order valence-corrected chi connectivity index (χ1v) is 11.0. The first kappa shape index (κ1) is 20.2. The number of hydrogen-bond acceptors (Lipinski definition) is 5. The number of carbonyl (C=O) groups is 1. The third kappa shape index (κ3) is 4.14. The second kappa shape index (κ2) is 7.83. The molecule has 0 aliphatic heterocycles. The molecular formula is C20H21N3O3S2. The van der Waals surface area contributed by atoms with Crippen molar-refractivity contribution < 1.29 is 13.2 Å². The number of rotatable bonds is 5. The molecule has 0 bridgehead atoms. The van der Waals surface area contributed by atoms with Gasteiger partial charge in [-0.3, -0.25) is 4.79 Å². The minimum atomic E-state index is -3.80. The molecule has 3 rings (SSSR count). The second-order valence-corrected chi connectivity index (χ2v) is 9.07. The van der Waals surface area contributed by atoms with Crippen LogP contribution in [0.1, 0.15) is 33.9 Å². The van der Waals surface area contributed by atoms with E-state index < -0.39 is 10.0 Å². The largest absolute Gasteiger partial charge is 0.334 e. The van der Waals surface area contributed by atoms with Crippen LogP contribution in [0.2, 0.25) is 0 Å². The van der Waals surface area contributed by atoms with E-state index in [4.69, 9.17) is 5.14 Å². The van der Waals surface area contributed by atoms with Crippen molar-refractivity contribution in [1.29, 1.82) is 0 Å². The molecule has 2 aromatic carbocycles. The summed E-state index contributed by atoms with van der Waals surface area (Å²) in [6.07, 6.45) is 0. The molecule has 3 aromatic rings. The van der Waals surface area contributed by atoms with Crippen LogP contribution in [-0.2, 0) is 10.0 Å². The fourth-order valence-electron chi connectivity index (χ4n) is 2.81. The van der Waals surface area contributed by atoms with Gasteiger partial charge in [-0.05, 0) is 31.5 Å². The van der Waals surface area contributed by atoms with E-state index in [1.807, 2.05) is 44.2 Å². The van der Waals surface area contributed by atoms with Crippen LogP contribution in [0.4, 0.5) is 0 Å². The summed E-state index contributed by atoms with van der Waals surface area (Å²) >= 11 is 1.35. The fraction of sp³-hybridized carbons (Fsp3) is 0.200. The van der Waals surface area contributed by atoms with E-state index in [1.54, 1.807) is 24.1 Å². The maximum atomic E-state index is 13.1. The molecule has 0 saturated carbocycles. The zero-order valence-corrected chi connectivity index (χ0v) is 17.4. The summed E-state index contributed by atoms with van der Waals surface area (Å²) in [7, 11) is -2.11. The highest BCUT2D eigenvalue weighted by molar-refractivity contribution is 7.89. The first-order valence-electron chi connectivity index (χ1n) is 8.61. The highest BCUT2D eigenvalue weighted by Gasteiger charge is 2.24. The van der Waals surface area contributed by atoms with Gasteiger partial charge in [-0.2, -0.15) is 0 Å². The van der Waals surface area contributed by atoms with Gasteiger partial charge in [-0.1, -0.05) is 42.5 Å². The SMILES string of the molecule is Cc1nc(-c2ccccc2)sc1C(=O)N(C)C(C)c1cccc(S(N)(=O)=O)c1. The van der Waals surface area contributed by atoms with Gasteiger partial charge in [-0.15, -0.1) is 11.3 Å². The average molecular weight is 416 g/mol. The smallest absolute Gasteiger partial charge is 0.266 e. The van der Waals surface area contributed by atoms with Crippen LogP contribution in [0.3, 0.4) is 0 Å². The van der Waals surface area contributed by atoms with E-state index in [9.17, 15) is 13.2 Å². The van der Waals surface area contributed by atoms with Crippen molar-refractivity contribution in [3.05, 3.63) is 70.7 Å². The molecule has 28 heavy (non-hydrogen) atoms. The van der Waals surface area contributed by atoms with E-state index in [1.165, 1.54) is 23.5 Å². The van der Waals surface area contributed by atoms with Crippen LogP contribution < -0.4 is 5.14 Å². The Kier molecular flexibility index (Phi) is 5.64. The second-order valence-electron chi connectivity index (χ2n) is 6.51. The van der Waals surface area contributed by atoms with Crippen LogP contribution in [-0.4, -0.2) is 31.3 Å². The Labute approximate surface area is 168 Å². The maximum Gasteiger partial charge on any atom is 0.266 e. The number of nitrogens with two attached hydrogens (primary N) is 1. The summed E-state index contributed by atoms with van der Waals surface area (Å²) in [5.41, 5.74) is 2.32. The Balaban J connectivity index is 1.88. The molecule has 146 valence electrons. The lowest BCUT2D eigenvalue weighted by molar-refractivity contribution is 0.0746. The van der Waals surface area contributed by atoms with E-state index in [0.717, 1.165) is 10.6 Å². The van der Waals surface area contributed by atoms with Crippen molar-refractivity contribution in [2.45, 2.75) is 24.8 Å². The van der Waals surface area contributed by atoms with Crippen LogP contribution in [0, 0.1) is 6.92 Å². The maximum absolute atomic E-state index is 13.1. The molecular weight excluding hydrogens is 394 g/mol. The Morgan fingerprint density at radius 2 is 1.82 bits per heavy atom. The molecule has 0 saturated heterocycles. The lowest BCUT2D eigenvalue weighted by Crippen LogP contribution is -2.29. The quantitative estimate of drug-likeness (QED) is 0.689. The van der Waals surface area contributed by atoms with Gasteiger partial charge in [-0.25, -0.2) is 18.5 Å². The summed E-state index contributed by atoms with van der Waals surface area (Å²) in [6.45, 7) is 3.66. The highest BCUT2D eigenvalue weighted by atomic mass is 32.2. The van der Waals surface area contributed by atoms with Gasteiger partial charge in [0.2, 0.25) is 10.0 Å². The third-order valence-electron chi connectivity index (χ3n) is 4.58. The van der Waals surface area contributed by atoms with Crippen LogP contribution in [0.15, 0.2) is 59.5 Å². The number of amides is 1. The molecule has 0 spiro atoms. The lowest BCUT2D eigenvalue weighted by Gasteiger charge is -2.25. The van der Waals surface area contributed by atoms with Gasteiger partial charge in [0.15, 0.2) is 0 Å². The van der Waals surface area contributed by atoms with Gasteiger partial charge in [0.1, 0.15) is 9.88 Å². The van der Waals surface area contributed by atoms with Gasteiger partial charge in [0, 0.05) is 12.6 Å². The predicted molar refractivity (Wildman–Crippen MR) is 111 cm³/mol. The molecule has 1 amide bonds. The summed E-state index contributed by atoms with van der Waals surface area (Å²) in [4.78, 5) is 19.8. The molecule has 6 nitrogen and oxygen atoms in total. The summed E-state index contributed by atoms with van der Waals surface area (Å²) < 4.78 is 23.2. The Morgan fingerprint density at radius 3 is 2.46 bits per heavy atom. The topological polar surface area (TPSA) is 93.4 Å². The minimum absolute atomic E-state index is 0.0260. The molecule has 1 atom stereocenters. The molecule has 1 aromatic heterocycles. The van der Waals surface area contributed by atoms with Gasteiger partial charge < -0.3 is 4.90 Å². The molecule has 1 heterocycles. The van der Waals surface area contributed by atoms with E-state index in [-0.39, 0.29) is 16.8 Å². The highest BCUT2D eigenvalue weighted by Crippen LogP contribution is 2.30. The van der Waals surface area contributed by atoms with Crippen molar-refractivity contribution in [3.8, 4) is 10.6 Å². The van der Waals surface area contributed by atoms with Crippen LogP contribution >= 0.6 is 11.3 Å². The van der Waals surface area contributed by atoms with Gasteiger partial charge in [0.25, 0.3) is 5.91 Å². The molecule has 0 fully saturated rings. The van der Waals surface area contributed by atoms with E-state index in [0.29, 0.717) is 16.1 Å². The monoisotopic (exact) mass is 415 g/mol. The number of sulfonamides is 1. The number of carbonyl (C=O) groups excluding carboxylic acids is 1. The zero-order chi connectivity index (χ0) is 20.5. The van der Waals surface area contributed by atoms with E-state index in [2.05, 4.69) is 4.98 Å². The van der Waals surface area contributed by atoms with Crippen molar-refractivity contribution in [3.63, 3.8) is 0 Å². The number of benzene rings is 2. The van der Waals surface area contributed by atoms with E-state index >= 15 is 0 Å². The van der Waals surface area contributed by atoms with Crippen LogP contribution in [0.25, 0.3) is 10.6 Å². The third-order valence-corrected chi connectivity index (χ3v) is 6.69. The van der Waals surface area contributed by atoms with Crippen molar-refractivity contribution in [2.24, 2.45) is 5.14 Å². The number of primary sulfonamides is 1. The van der Waals surface area contributed by atoms with Crippen molar-refractivity contribution >= 4 is 27.3 Å². The number of hydrogen-bond donors (Lipinski definition) is 1. The zero-order valence-electron chi connectivity index (χ0n) is 15.8. The Bertz CT molecular complexity index is 1110. The van der Waals surface area contributed by atoms with Crippen molar-refractivity contribution in [1.82, 2.24) is 9.88 Å². The Morgan fingerprint density at radius 1 is 1.14 bits per heavy atom.